The Morgan fingerprint density at radius 1 is 1.24 bits per heavy atom. The molecule has 1 unspecified atom stereocenters. The highest BCUT2D eigenvalue weighted by Gasteiger charge is 2.32. The topological polar surface area (TPSA) is 53.0 Å². The third-order valence-electron chi connectivity index (χ3n) is 4.36. The molecule has 1 aromatic rings. The molecule has 2 aliphatic rings. The van der Waals surface area contributed by atoms with E-state index < -0.39 is 0 Å². The molecule has 1 saturated heterocycles. The van der Waals surface area contributed by atoms with Crippen LogP contribution in [0.1, 0.15) is 17.9 Å². The first-order valence-electron chi connectivity index (χ1n) is 7.63. The number of aliphatic hydroxyl groups is 1. The molecule has 1 atom stereocenters. The standard InChI is InChI=1S/C16H22N2O3/c19-11-10-17-6-8-18(9-7-17)16(20)14-5-12-21-15-4-2-1-3-13(14)15/h1-4,14,19H,5-12H2. The lowest BCUT2D eigenvalue weighted by atomic mass is 9.91. The van der Waals surface area contributed by atoms with Gasteiger partial charge in [-0.05, 0) is 12.5 Å². The Hall–Kier alpha value is -1.59. The van der Waals surface area contributed by atoms with E-state index in [0.29, 0.717) is 13.2 Å². The zero-order valence-corrected chi connectivity index (χ0v) is 12.2. The van der Waals surface area contributed by atoms with Gasteiger partial charge in [-0.1, -0.05) is 18.2 Å². The number of ether oxygens (including phenoxy) is 1. The minimum atomic E-state index is -0.0701. The Morgan fingerprint density at radius 3 is 2.76 bits per heavy atom. The number of hydrogen-bond donors (Lipinski definition) is 1. The number of nitrogens with zero attached hydrogens (tertiary/aromatic N) is 2. The minimum absolute atomic E-state index is 0.0701. The van der Waals surface area contributed by atoms with Crippen molar-refractivity contribution in [2.45, 2.75) is 12.3 Å². The van der Waals surface area contributed by atoms with Crippen LogP contribution in [-0.2, 0) is 4.79 Å². The summed E-state index contributed by atoms with van der Waals surface area (Å²) in [5.41, 5.74) is 1.02. The average molecular weight is 290 g/mol. The number of carbonyl (C=O) groups excluding carboxylic acids is 1. The highest BCUT2D eigenvalue weighted by molar-refractivity contribution is 5.85. The van der Waals surface area contributed by atoms with Gasteiger partial charge in [0.25, 0.3) is 0 Å². The van der Waals surface area contributed by atoms with Crippen LogP contribution in [0.2, 0.25) is 0 Å². The molecule has 0 radical (unpaired) electrons. The molecule has 114 valence electrons. The number of β-amino-alcohol motifs (C(OH)–C–C–N with tert-alkyl or cyclic N) is 1. The van der Waals surface area contributed by atoms with Crippen LogP contribution >= 0.6 is 0 Å². The van der Waals surface area contributed by atoms with Crippen LogP contribution in [-0.4, -0.2) is 66.8 Å². The van der Waals surface area contributed by atoms with Gasteiger partial charge in [0.1, 0.15) is 5.75 Å². The Labute approximate surface area is 125 Å². The van der Waals surface area contributed by atoms with Crippen molar-refractivity contribution in [3.8, 4) is 5.75 Å². The Bertz CT molecular complexity index is 498. The van der Waals surface area contributed by atoms with E-state index in [0.717, 1.165) is 43.9 Å². The molecule has 0 spiro atoms. The van der Waals surface area contributed by atoms with Crippen LogP contribution in [0, 0.1) is 0 Å². The van der Waals surface area contributed by atoms with E-state index in [9.17, 15) is 4.79 Å². The summed E-state index contributed by atoms with van der Waals surface area (Å²) in [4.78, 5) is 16.9. The molecule has 5 heteroatoms. The summed E-state index contributed by atoms with van der Waals surface area (Å²) in [6.07, 6.45) is 0.757. The molecule has 0 aliphatic carbocycles. The van der Waals surface area contributed by atoms with Gasteiger partial charge in [-0.2, -0.15) is 0 Å². The van der Waals surface area contributed by atoms with E-state index in [1.807, 2.05) is 29.2 Å². The number of carbonyl (C=O) groups is 1. The molecule has 5 nitrogen and oxygen atoms in total. The van der Waals surface area contributed by atoms with Crippen LogP contribution in [0.5, 0.6) is 5.75 Å². The number of hydrogen-bond acceptors (Lipinski definition) is 4. The molecule has 3 rings (SSSR count). The van der Waals surface area contributed by atoms with E-state index in [-0.39, 0.29) is 18.4 Å². The fraction of sp³-hybridized carbons (Fsp3) is 0.562. The van der Waals surface area contributed by atoms with Gasteiger partial charge in [0.2, 0.25) is 5.91 Å². The van der Waals surface area contributed by atoms with Gasteiger partial charge in [-0.25, -0.2) is 0 Å². The normalized spacial score (nSPS) is 22.5. The number of para-hydroxylation sites is 1. The van der Waals surface area contributed by atoms with E-state index >= 15 is 0 Å². The molecule has 0 aromatic heterocycles. The first kappa shape index (κ1) is 14.4. The van der Waals surface area contributed by atoms with Crippen LogP contribution in [0.3, 0.4) is 0 Å². The maximum absolute atomic E-state index is 12.8. The fourth-order valence-corrected chi connectivity index (χ4v) is 3.15. The van der Waals surface area contributed by atoms with E-state index in [1.54, 1.807) is 0 Å². The van der Waals surface area contributed by atoms with Crippen molar-refractivity contribution < 1.29 is 14.6 Å². The van der Waals surface area contributed by atoms with Gasteiger partial charge < -0.3 is 14.7 Å². The summed E-state index contributed by atoms with van der Waals surface area (Å²) in [5.74, 6) is 0.995. The second-order valence-corrected chi connectivity index (χ2v) is 5.62. The van der Waals surface area contributed by atoms with Crippen molar-refractivity contribution in [1.82, 2.24) is 9.80 Å². The minimum Gasteiger partial charge on any atom is -0.493 e. The summed E-state index contributed by atoms with van der Waals surface area (Å²) >= 11 is 0. The van der Waals surface area contributed by atoms with Gasteiger partial charge in [0, 0.05) is 38.3 Å². The van der Waals surface area contributed by atoms with Crippen molar-refractivity contribution in [2.75, 3.05) is 45.9 Å². The van der Waals surface area contributed by atoms with Gasteiger partial charge in [0.05, 0.1) is 19.1 Å². The molecular formula is C16H22N2O3. The van der Waals surface area contributed by atoms with Crippen molar-refractivity contribution >= 4 is 5.91 Å². The molecule has 0 saturated carbocycles. The highest BCUT2D eigenvalue weighted by atomic mass is 16.5. The van der Waals surface area contributed by atoms with Crippen LogP contribution in [0.15, 0.2) is 24.3 Å². The summed E-state index contributed by atoms with van der Waals surface area (Å²) in [6.45, 7) is 4.67. The summed E-state index contributed by atoms with van der Waals surface area (Å²) in [7, 11) is 0. The lowest BCUT2D eigenvalue weighted by molar-refractivity contribution is -0.135. The molecule has 0 bridgehead atoms. The molecule has 2 aliphatic heterocycles. The van der Waals surface area contributed by atoms with E-state index in [1.165, 1.54) is 0 Å². The maximum atomic E-state index is 12.8. The number of amides is 1. The Kier molecular flexibility index (Phi) is 4.41. The van der Waals surface area contributed by atoms with Gasteiger partial charge in [-0.3, -0.25) is 9.69 Å². The van der Waals surface area contributed by atoms with E-state index in [2.05, 4.69) is 4.90 Å². The van der Waals surface area contributed by atoms with Gasteiger partial charge >= 0.3 is 0 Å². The van der Waals surface area contributed by atoms with Gasteiger partial charge in [0.15, 0.2) is 0 Å². The summed E-state index contributed by atoms with van der Waals surface area (Å²) < 4.78 is 5.63. The molecule has 21 heavy (non-hydrogen) atoms. The third kappa shape index (κ3) is 3.04. The number of fused-ring (bicyclic) bond motifs is 1. The van der Waals surface area contributed by atoms with Crippen molar-refractivity contribution in [3.05, 3.63) is 29.8 Å². The third-order valence-corrected chi connectivity index (χ3v) is 4.36. The SMILES string of the molecule is O=C(C1CCOc2ccccc21)N1CCN(CCO)CC1. The lowest BCUT2D eigenvalue weighted by Crippen LogP contribution is -2.50. The average Bonchev–Trinajstić information content (AvgIpc) is 2.55. The zero-order valence-electron chi connectivity index (χ0n) is 12.2. The second kappa shape index (κ2) is 6.45. The highest BCUT2D eigenvalue weighted by Crippen LogP contribution is 2.34. The van der Waals surface area contributed by atoms with Crippen molar-refractivity contribution in [3.63, 3.8) is 0 Å². The number of benzene rings is 1. The summed E-state index contributed by atoms with van der Waals surface area (Å²) in [5, 5.41) is 8.97. The van der Waals surface area contributed by atoms with Gasteiger partial charge in [-0.15, -0.1) is 0 Å². The molecule has 2 heterocycles. The van der Waals surface area contributed by atoms with Crippen LogP contribution in [0.4, 0.5) is 0 Å². The molecule has 1 aromatic carbocycles. The Balaban J connectivity index is 1.67. The monoisotopic (exact) mass is 290 g/mol. The molecular weight excluding hydrogens is 268 g/mol. The first-order valence-corrected chi connectivity index (χ1v) is 7.63. The Morgan fingerprint density at radius 2 is 2.00 bits per heavy atom. The lowest BCUT2D eigenvalue weighted by Gasteiger charge is -2.37. The second-order valence-electron chi connectivity index (χ2n) is 5.62. The van der Waals surface area contributed by atoms with Crippen LogP contribution in [0.25, 0.3) is 0 Å². The predicted molar refractivity (Wildman–Crippen MR) is 79.4 cm³/mol. The fourth-order valence-electron chi connectivity index (χ4n) is 3.15. The van der Waals surface area contributed by atoms with Crippen molar-refractivity contribution in [1.29, 1.82) is 0 Å². The maximum Gasteiger partial charge on any atom is 0.230 e. The number of aliphatic hydroxyl groups excluding tert-OH is 1. The zero-order chi connectivity index (χ0) is 14.7. The van der Waals surface area contributed by atoms with E-state index in [4.69, 9.17) is 9.84 Å². The molecule has 1 fully saturated rings. The molecule has 1 amide bonds. The predicted octanol–water partition coefficient (Wildman–Crippen LogP) is 0.689. The quantitative estimate of drug-likeness (QED) is 0.890. The molecule has 1 N–H and O–H groups in total. The number of piperazine rings is 1. The largest absolute Gasteiger partial charge is 0.493 e. The summed E-state index contributed by atoms with van der Waals surface area (Å²) in [6, 6.07) is 7.85. The van der Waals surface area contributed by atoms with Crippen LogP contribution < -0.4 is 4.74 Å². The first-order chi connectivity index (χ1) is 10.3. The smallest absolute Gasteiger partial charge is 0.230 e. The van der Waals surface area contributed by atoms with Crippen molar-refractivity contribution in [2.24, 2.45) is 0 Å². The number of rotatable bonds is 3.